The van der Waals surface area contributed by atoms with Gasteiger partial charge in [0.2, 0.25) is 5.91 Å². The maximum Gasteiger partial charge on any atom is 0.234 e. The summed E-state index contributed by atoms with van der Waals surface area (Å²) in [5, 5.41) is 2.42. The number of carbonyl (C=O) groups excluding carboxylic acids is 1. The van der Waals surface area contributed by atoms with E-state index in [1.807, 2.05) is 6.92 Å². The van der Waals surface area contributed by atoms with E-state index in [0.29, 0.717) is 6.04 Å². The molecule has 1 rings (SSSR count). The van der Waals surface area contributed by atoms with Crippen LogP contribution >= 0.6 is 0 Å². The minimum Gasteiger partial charge on any atom is -0.352 e. The van der Waals surface area contributed by atoms with Gasteiger partial charge in [0.1, 0.15) is 0 Å². The second kappa shape index (κ2) is 5.35. The van der Waals surface area contributed by atoms with Crippen LogP contribution in [0.2, 0.25) is 0 Å². The van der Waals surface area contributed by atoms with Crippen molar-refractivity contribution in [3.05, 3.63) is 0 Å². The monoisotopic (exact) mass is 262 g/mol. The molecule has 1 amide bonds. The van der Waals surface area contributed by atoms with E-state index in [1.54, 1.807) is 18.9 Å². The lowest BCUT2D eigenvalue weighted by molar-refractivity contribution is -0.122. The minimum atomic E-state index is -3.07. The molecule has 1 aliphatic carbocycles. The zero-order valence-corrected chi connectivity index (χ0v) is 11.8. The molecule has 2 unspecified atom stereocenters. The largest absolute Gasteiger partial charge is 0.352 e. The Balaban J connectivity index is 2.45. The predicted molar refractivity (Wildman–Crippen MR) is 67.6 cm³/mol. The number of nitrogens with zero attached hydrogens (tertiary/aromatic N) is 1. The van der Waals surface area contributed by atoms with Gasteiger partial charge in [0.25, 0.3) is 0 Å². The number of hydrogen-bond donors (Lipinski definition) is 1. The lowest BCUT2D eigenvalue weighted by atomic mass is 10.2. The minimum absolute atomic E-state index is 0.0254. The van der Waals surface area contributed by atoms with Gasteiger partial charge >= 0.3 is 0 Å². The van der Waals surface area contributed by atoms with Gasteiger partial charge in [-0.25, -0.2) is 8.42 Å². The first-order valence-electron chi connectivity index (χ1n) is 5.90. The third kappa shape index (κ3) is 4.63. The molecule has 0 aromatic carbocycles. The van der Waals surface area contributed by atoms with Gasteiger partial charge in [0.05, 0.1) is 11.8 Å². The van der Waals surface area contributed by atoms with Gasteiger partial charge in [-0.15, -0.1) is 0 Å². The average molecular weight is 262 g/mol. The summed E-state index contributed by atoms with van der Waals surface area (Å²) in [5.74, 6) is -0.0254. The molecule has 1 N–H and O–H groups in total. The van der Waals surface area contributed by atoms with Crippen molar-refractivity contribution in [2.45, 2.75) is 44.0 Å². The van der Waals surface area contributed by atoms with Crippen molar-refractivity contribution in [1.29, 1.82) is 0 Å². The van der Waals surface area contributed by atoms with Crippen molar-refractivity contribution in [3.8, 4) is 0 Å². The van der Waals surface area contributed by atoms with Crippen molar-refractivity contribution in [1.82, 2.24) is 10.2 Å². The molecule has 1 fully saturated rings. The molecule has 0 aromatic rings. The maximum absolute atomic E-state index is 11.6. The number of rotatable bonds is 6. The normalized spacial score (nSPS) is 20.1. The Hall–Kier alpha value is -0.620. The number of likely N-dealkylation sites (N-methyl/N-ethyl adjacent to an activating group) is 1. The van der Waals surface area contributed by atoms with E-state index in [2.05, 4.69) is 5.32 Å². The molecule has 1 aliphatic rings. The van der Waals surface area contributed by atoms with E-state index < -0.39 is 15.1 Å². The first kappa shape index (κ1) is 14.4. The van der Waals surface area contributed by atoms with Crippen LogP contribution < -0.4 is 5.32 Å². The fourth-order valence-electron chi connectivity index (χ4n) is 1.59. The zero-order valence-electron chi connectivity index (χ0n) is 10.9. The molecule has 0 saturated heterocycles. The average Bonchev–Trinajstić information content (AvgIpc) is 2.97. The molecule has 0 heterocycles. The molecule has 0 bridgehead atoms. The van der Waals surface area contributed by atoms with Gasteiger partial charge < -0.3 is 5.32 Å². The highest BCUT2D eigenvalue weighted by Gasteiger charge is 2.28. The van der Waals surface area contributed by atoms with Crippen molar-refractivity contribution in [3.63, 3.8) is 0 Å². The van der Waals surface area contributed by atoms with Crippen LogP contribution in [0.3, 0.4) is 0 Å². The summed E-state index contributed by atoms with van der Waals surface area (Å²) < 4.78 is 22.8. The van der Waals surface area contributed by atoms with Gasteiger partial charge in [-0.3, -0.25) is 9.69 Å². The summed E-state index contributed by atoms with van der Waals surface area (Å²) in [7, 11) is -1.29. The molecule has 0 spiro atoms. The van der Waals surface area contributed by atoms with Crippen LogP contribution in [0.1, 0.15) is 26.7 Å². The maximum atomic E-state index is 11.6. The first-order valence-corrected chi connectivity index (χ1v) is 7.85. The molecule has 0 aromatic heterocycles. The van der Waals surface area contributed by atoms with Crippen molar-refractivity contribution < 1.29 is 13.2 Å². The lowest BCUT2D eigenvalue weighted by Gasteiger charge is -2.28. The number of carbonyl (C=O) groups is 1. The van der Waals surface area contributed by atoms with E-state index in [4.69, 9.17) is 0 Å². The Kier molecular flexibility index (Phi) is 4.55. The highest BCUT2D eigenvalue weighted by Crippen LogP contribution is 2.18. The second-order valence-corrected chi connectivity index (χ2v) is 7.43. The Morgan fingerprint density at radius 1 is 1.41 bits per heavy atom. The van der Waals surface area contributed by atoms with Crippen LogP contribution in [0.25, 0.3) is 0 Å². The molecular weight excluding hydrogens is 240 g/mol. The summed E-state index contributed by atoms with van der Waals surface area (Å²) in [4.78, 5) is 13.4. The summed E-state index contributed by atoms with van der Waals surface area (Å²) in [6.07, 6.45) is 3.35. The van der Waals surface area contributed by atoms with E-state index in [9.17, 15) is 13.2 Å². The van der Waals surface area contributed by atoms with Crippen molar-refractivity contribution in [2.24, 2.45) is 0 Å². The fraction of sp³-hybridized carbons (Fsp3) is 0.909. The summed E-state index contributed by atoms with van der Waals surface area (Å²) in [5.41, 5.74) is 0. The Morgan fingerprint density at radius 2 is 1.94 bits per heavy atom. The zero-order chi connectivity index (χ0) is 13.2. The standard InChI is InChI=1S/C11H22N2O3S/c1-8(9(2)17(4,15)16)13(3)7-11(14)12-10-5-6-10/h8-10H,5-7H2,1-4H3,(H,12,14). The molecule has 5 nitrogen and oxygen atoms in total. The molecule has 17 heavy (non-hydrogen) atoms. The number of nitrogens with one attached hydrogen (secondary N) is 1. The molecule has 0 aliphatic heterocycles. The lowest BCUT2D eigenvalue weighted by Crippen LogP contribution is -2.46. The third-order valence-corrected chi connectivity index (χ3v) is 5.13. The molecular formula is C11H22N2O3S. The second-order valence-electron chi connectivity index (χ2n) is 5.03. The summed E-state index contributed by atoms with van der Waals surface area (Å²) >= 11 is 0. The molecule has 0 radical (unpaired) electrons. The highest BCUT2D eigenvalue weighted by atomic mass is 32.2. The molecule has 6 heteroatoms. The molecule has 2 atom stereocenters. The number of hydrogen-bond acceptors (Lipinski definition) is 4. The van der Waals surface area contributed by atoms with Crippen LogP contribution in [0.15, 0.2) is 0 Å². The van der Waals surface area contributed by atoms with Crippen molar-refractivity contribution in [2.75, 3.05) is 19.8 Å². The highest BCUT2D eigenvalue weighted by molar-refractivity contribution is 7.91. The Labute approximate surface area is 103 Å². The van der Waals surface area contributed by atoms with Gasteiger partial charge in [0, 0.05) is 18.3 Å². The van der Waals surface area contributed by atoms with Gasteiger partial charge in [-0.05, 0) is 33.7 Å². The first-order chi connectivity index (χ1) is 7.71. The van der Waals surface area contributed by atoms with Crippen LogP contribution in [0.5, 0.6) is 0 Å². The predicted octanol–water partition coefficient (Wildman–Crippen LogP) is 0.0184. The van der Waals surface area contributed by atoms with Crippen LogP contribution in [-0.4, -0.2) is 56.4 Å². The van der Waals surface area contributed by atoms with E-state index in [1.165, 1.54) is 6.26 Å². The van der Waals surface area contributed by atoms with Gasteiger partial charge in [0.15, 0.2) is 9.84 Å². The number of amides is 1. The van der Waals surface area contributed by atoms with Crippen LogP contribution in [0, 0.1) is 0 Å². The quantitative estimate of drug-likeness (QED) is 0.733. The van der Waals surface area contributed by atoms with Crippen LogP contribution in [0.4, 0.5) is 0 Å². The smallest absolute Gasteiger partial charge is 0.234 e. The van der Waals surface area contributed by atoms with Crippen LogP contribution in [-0.2, 0) is 14.6 Å². The fourth-order valence-corrected chi connectivity index (χ4v) is 2.51. The molecule has 100 valence electrons. The van der Waals surface area contributed by atoms with E-state index in [0.717, 1.165) is 12.8 Å². The Bertz CT molecular complexity index is 376. The van der Waals surface area contributed by atoms with Gasteiger partial charge in [-0.2, -0.15) is 0 Å². The van der Waals surface area contributed by atoms with E-state index >= 15 is 0 Å². The SMILES string of the molecule is CC(C(C)S(C)(=O)=O)N(C)CC(=O)NC1CC1. The van der Waals surface area contributed by atoms with Gasteiger partial charge in [-0.1, -0.05) is 0 Å². The van der Waals surface area contributed by atoms with E-state index in [-0.39, 0.29) is 18.5 Å². The molecule has 1 saturated carbocycles. The number of sulfone groups is 1. The topological polar surface area (TPSA) is 66.5 Å². The summed E-state index contributed by atoms with van der Waals surface area (Å²) in [6.45, 7) is 3.75. The van der Waals surface area contributed by atoms with Crippen molar-refractivity contribution >= 4 is 15.7 Å². The Morgan fingerprint density at radius 3 is 2.35 bits per heavy atom. The summed E-state index contributed by atoms with van der Waals surface area (Å²) in [6, 6.07) is 0.175. The third-order valence-electron chi connectivity index (χ3n) is 3.39.